The van der Waals surface area contributed by atoms with Crippen LogP contribution >= 0.6 is 24.0 Å². The Morgan fingerprint density at radius 3 is 2.24 bits per heavy atom. The topological polar surface area (TPSA) is 66.0 Å². The first-order valence-electron chi connectivity index (χ1n) is 11.1. The summed E-state index contributed by atoms with van der Waals surface area (Å²) >= 11 is 0. The fourth-order valence-electron chi connectivity index (χ4n) is 3.23. The summed E-state index contributed by atoms with van der Waals surface area (Å²) in [4.78, 5) is 18.3. The third-order valence-electron chi connectivity index (χ3n) is 5.03. The number of aliphatic imine (C=N–C) groups is 1. The number of hydrogen-bond acceptors (Lipinski definition) is 3. The van der Waals surface area contributed by atoms with Gasteiger partial charge >= 0.3 is 0 Å². The van der Waals surface area contributed by atoms with Crippen LogP contribution in [-0.2, 0) is 19.7 Å². The van der Waals surface area contributed by atoms with Gasteiger partial charge in [-0.05, 0) is 36.2 Å². The molecule has 0 aliphatic rings. The molecule has 180 valence electrons. The van der Waals surface area contributed by atoms with E-state index in [1.54, 1.807) is 19.0 Å². The van der Waals surface area contributed by atoms with E-state index in [4.69, 9.17) is 4.74 Å². The molecule has 0 saturated heterocycles. The fraction of sp³-hybridized carbons (Fsp3) is 0.259. The van der Waals surface area contributed by atoms with Gasteiger partial charge in [-0.2, -0.15) is 0 Å². The molecular weight excluding hydrogens is 539 g/mol. The molecule has 7 heteroatoms. The fourth-order valence-corrected chi connectivity index (χ4v) is 3.23. The second-order valence-electron chi connectivity index (χ2n) is 7.83. The molecule has 0 saturated carbocycles. The van der Waals surface area contributed by atoms with E-state index in [2.05, 4.69) is 33.8 Å². The van der Waals surface area contributed by atoms with Crippen LogP contribution in [0, 0.1) is 0 Å². The number of carbonyl (C=O) groups is 1. The lowest BCUT2D eigenvalue weighted by Gasteiger charge is -2.15. The van der Waals surface area contributed by atoms with Gasteiger partial charge in [-0.1, -0.05) is 60.7 Å². The van der Waals surface area contributed by atoms with E-state index >= 15 is 0 Å². The van der Waals surface area contributed by atoms with Crippen LogP contribution in [0.25, 0.3) is 0 Å². The van der Waals surface area contributed by atoms with Gasteiger partial charge in [-0.15, -0.1) is 24.0 Å². The Kier molecular flexibility index (Phi) is 11.4. The minimum Gasteiger partial charge on any atom is -0.489 e. The second kappa shape index (κ2) is 14.2. The number of benzene rings is 3. The number of hydrogen-bond donors (Lipinski definition) is 2. The molecular formula is C27H33IN4O2. The molecule has 34 heavy (non-hydrogen) atoms. The predicted octanol–water partition coefficient (Wildman–Crippen LogP) is 4.84. The summed E-state index contributed by atoms with van der Waals surface area (Å²) in [6.45, 7) is 4.42. The molecule has 0 radical (unpaired) electrons. The highest BCUT2D eigenvalue weighted by molar-refractivity contribution is 14.0. The first-order chi connectivity index (χ1) is 16.1. The normalized spacial score (nSPS) is 10.7. The SMILES string of the molecule is CCNC(=NCc1ccc(C(=O)N(C)C)cc1)NCc1ccccc1OCc1ccccc1.I. The summed E-state index contributed by atoms with van der Waals surface area (Å²) in [6.07, 6.45) is 0. The lowest BCUT2D eigenvalue weighted by molar-refractivity contribution is 0.0827. The molecule has 0 aliphatic carbocycles. The van der Waals surface area contributed by atoms with E-state index in [0.29, 0.717) is 25.3 Å². The number of halogens is 1. The number of amides is 1. The van der Waals surface area contributed by atoms with E-state index in [1.165, 1.54) is 0 Å². The van der Waals surface area contributed by atoms with Crippen molar-refractivity contribution >= 4 is 35.8 Å². The minimum absolute atomic E-state index is 0. The quantitative estimate of drug-likeness (QED) is 0.219. The van der Waals surface area contributed by atoms with Crippen LogP contribution in [0.3, 0.4) is 0 Å². The van der Waals surface area contributed by atoms with Crippen molar-refractivity contribution in [2.75, 3.05) is 20.6 Å². The lowest BCUT2D eigenvalue weighted by Crippen LogP contribution is -2.36. The highest BCUT2D eigenvalue weighted by Gasteiger charge is 2.08. The van der Waals surface area contributed by atoms with Crippen molar-refractivity contribution in [1.82, 2.24) is 15.5 Å². The van der Waals surface area contributed by atoms with E-state index in [1.807, 2.05) is 67.6 Å². The number of guanidine groups is 1. The zero-order chi connectivity index (χ0) is 23.5. The highest BCUT2D eigenvalue weighted by Crippen LogP contribution is 2.19. The smallest absolute Gasteiger partial charge is 0.253 e. The summed E-state index contributed by atoms with van der Waals surface area (Å²) in [7, 11) is 3.50. The monoisotopic (exact) mass is 572 g/mol. The van der Waals surface area contributed by atoms with Gasteiger partial charge in [0.05, 0.1) is 6.54 Å². The Balaban J connectivity index is 0.00000408. The highest BCUT2D eigenvalue weighted by atomic mass is 127. The molecule has 0 fully saturated rings. The van der Waals surface area contributed by atoms with Crippen LogP contribution in [-0.4, -0.2) is 37.4 Å². The van der Waals surface area contributed by atoms with Crippen LogP contribution in [0.5, 0.6) is 5.75 Å². The van der Waals surface area contributed by atoms with Gasteiger partial charge in [0.1, 0.15) is 12.4 Å². The first kappa shape index (κ1) is 27.2. The zero-order valence-corrected chi connectivity index (χ0v) is 22.3. The van der Waals surface area contributed by atoms with Gasteiger partial charge in [-0.25, -0.2) is 4.99 Å². The number of nitrogens with zero attached hydrogens (tertiary/aromatic N) is 2. The Morgan fingerprint density at radius 2 is 1.56 bits per heavy atom. The summed E-state index contributed by atoms with van der Waals surface area (Å²) in [5.41, 5.74) is 3.90. The van der Waals surface area contributed by atoms with E-state index < -0.39 is 0 Å². The Bertz CT molecular complexity index is 1050. The summed E-state index contributed by atoms with van der Waals surface area (Å²) in [5.74, 6) is 1.57. The van der Waals surface area contributed by atoms with Crippen LogP contribution in [0.2, 0.25) is 0 Å². The first-order valence-corrected chi connectivity index (χ1v) is 11.1. The predicted molar refractivity (Wildman–Crippen MR) is 149 cm³/mol. The van der Waals surface area contributed by atoms with Gasteiger partial charge in [0.25, 0.3) is 5.91 Å². The van der Waals surface area contributed by atoms with Crippen LogP contribution in [0.4, 0.5) is 0 Å². The second-order valence-corrected chi connectivity index (χ2v) is 7.83. The molecule has 0 atom stereocenters. The number of carbonyl (C=O) groups excluding carboxylic acids is 1. The molecule has 2 N–H and O–H groups in total. The minimum atomic E-state index is -0.00629. The number of ether oxygens (including phenoxy) is 1. The molecule has 6 nitrogen and oxygen atoms in total. The van der Waals surface area contributed by atoms with Crippen molar-refractivity contribution in [3.63, 3.8) is 0 Å². The maximum Gasteiger partial charge on any atom is 0.253 e. The molecule has 3 rings (SSSR count). The molecule has 0 aromatic heterocycles. The van der Waals surface area contributed by atoms with E-state index in [0.717, 1.165) is 34.9 Å². The Hall–Kier alpha value is -3.07. The van der Waals surface area contributed by atoms with Gasteiger partial charge in [0.15, 0.2) is 5.96 Å². The van der Waals surface area contributed by atoms with Crippen molar-refractivity contribution in [3.05, 3.63) is 101 Å². The lowest BCUT2D eigenvalue weighted by atomic mass is 10.1. The standard InChI is InChI=1S/C27H32N4O2.HI/c1-4-28-27(29-18-21-14-16-23(17-15-21)26(32)31(2)3)30-19-24-12-8-9-13-25(24)33-20-22-10-6-5-7-11-22;/h5-17H,4,18-20H2,1-3H3,(H2,28,29,30);1H. The Morgan fingerprint density at radius 1 is 0.882 bits per heavy atom. The summed E-state index contributed by atoms with van der Waals surface area (Å²) in [5, 5.41) is 6.67. The summed E-state index contributed by atoms with van der Waals surface area (Å²) in [6, 6.07) is 25.7. The Labute approximate surface area is 219 Å². The molecule has 3 aromatic rings. The largest absolute Gasteiger partial charge is 0.489 e. The van der Waals surface area contributed by atoms with Crippen molar-refractivity contribution in [1.29, 1.82) is 0 Å². The molecule has 0 aliphatic heterocycles. The third-order valence-corrected chi connectivity index (χ3v) is 5.03. The summed E-state index contributed by atoms with van der Waals surface area (Å²) < 4.78 is 6.06. The maximum atomic E-state index is 12.0. The number of rotatable bonds is 9. The molecule has 3 aromatic carbocycles. The van der Waals surface area contributed by atoms with Gasteiger partial charge in [0, 0.05) is 38.3 Å². The number of para-hydroxylation sites is 1. The van der Waals surface area contributed by atoms with Crippen LogP contribution in [0.1, 0.15) is 34.0 Å². The molecule has 0 unspecified atom stereocenters. The van der Waals surface area contributed by atoms with Crippen molar-refractivity contribution in [2.45, 2.75) is 26.6 Å². The average molecular weight is 572 g/mol. The third kappa shape index (κ3) is 8.37. The molecule has 0 spiro atoms. The van der Waals surface area contributed by atoms with Crippen molar-refractivity contribution in [2.24, 2.45) is 4.99 Å². The zero-order valence-electron chi connectivity index (χ0n) is 20.0. The van der Waals surface area contributed by atoms with Crippen LogP contribution < -0.4 is 15.4 Å². The van der Waals surface area contributed by atoms with E-state index in [-0.39, 0.29) is 29.9 Å². The number of nitrogens with one attached hydrogen (secondary N) is 2. The molecule has 0 bridgehead atoms. The van der Waals surface area contributed by atoms with Crippen molar-refractivity contribution < 1.29 is 9.53 Å². The van der Waals surface area contributed by atoms with Gasteiger partial charge in [-0.3, -0.25) is 4.79 Å². The van der Waals surface area contributed by atoms with Crippen molar-refractivity contribution in [3.8, 4) is 5.75 Å². The molecule has 0 heterocycles. The van der Waals surface area contributed by atoms with Crippen LogP contribution in [0.15, 0.2) is 83.9 Å². The van der Waals surface area contributed by atoms with Gasteiger partial charge < -0.3 is 20.3 Å². The van der Waals surface area contributed by atoms with E-state index in [9.17, 15) is 4.79 Å². The van der Waals surface area contributed by atoms with Gasteiger partial charge in [0.2, 0.25) is 0 Å². The average Bonchev–Trinajstić information content (AvgIpc) is 2.85. The maximum absolute atomic E-state index is 12.0. The molecule has 1 amide bonds.